The summed E-state index contributed by atoms with van der Waals surface area (Å²) in [4.78, 5) is 28.3. The number of hydrogen-bond donors (Lipinski definition) is 0. The molecule has 3 aromatic carbocycles. The number of aromatic nitrogens is 2. The van der Waals surface area contributed by atoms with Gasteiger partial charge in [0.2, 0.25) is 0 Å². The van der Waals surface area contributed by atoms with Crippen LogP contribution in [0.5, 0.6) is 0 Å². The third kappa shape index (κ3) is 3.66. The van der Waals surface area contributed by atoms with Gasteiger partial charge in [-0.05, 0) is 48.0 Å². The molecule has 0 spiro atoms. The molecule has 1 heterocycles. The van der Waals surface area contributed by atoms with Crippen LogP contribution in [0.15, 0.2) is 77.6 Å². The number of halogens is 1. The van der Waals surface area contributed by atoms with Crippen molar-refractivity contribution in [2.24, 2.45) is 0 Å². The zero-order valence-corrected chi connectivity index (χ0v) is 15.8. The van der Waals surface area contributed by atoms with Crippen LogP contribution < -0.4 is 5.56 Å². The Labute approximate surface area is 170 Å². The number of non-ortho nitro benzene ring substituents is 1. The molecule has 0 aliphatic rings. The number of nitro groups is 1. The molecule has 0 aliphatic carbocycles. The molecule has 6 nitrogen and oxygen atoms in total. The molecule has 0 fully saturated rings. The molecule has 0 aliphatic heterocycles. The number of rotatable bonds is 4. The summed E-state index contributed by atoms with van der Waals surface area (Å²) in [6.07, 6.45) is 3.25. The zero-order chi connectivity index (χ0) is 20.4. The highest BCUT2D eigenvalue weighted by Crippen LogP contribution is 2.24. The molecule has 0 bridgehead atoms. The van der Waals surface area contributed by atoms with E-state index in [9.17, 15) is 14.9 Å². The fourth-order valence-corrected chi connectivity index (χ4v) is 3.21. The number of nitro benzene ring substituents is 1. The minimum absolute atomic E-state index is 0.0685. The molecule has 0 saturated heterocycles. The Bertz CT molecular complexity index is 1310. The van der Waals surface area contributed by atoms with E-state index in [1.165, 1.54) is 22.8 Å². The fourth-order valence-electron chi connectivity index (χ4n) is 3.03. The summed E-state index contributed by atoms with van der Waals surface area (Å²) in [5.41, 5.74) is 1.42. The molecule has 0 saturated carbocycles. The SMILES string of the molecule is O=c1c2ccccc2nc(/C=C/c2cc([N+](=O)[O-])ccc2Cl)n1-c1ccccc1. The zero-order valence-electron chi connectivity index (χ0n) is 15.0. The average molecular weight is 404 g/mol. The van der Waals surface area contributed by atoms with E-state index in [4.69, 9.17) is 11.6 Å². The first-order chi connectivity index (χ1) is 14.0. The van der Waals surface area contributed by atoms with Gasteiger partial charge >= 0.3 is 0 Å². The Morgan fingerprint density at radius 3 is 2.45 bits per heavy atom. The van der Waals surface area contributed by atoms with Crippen LogP contribution in [0.25, 0.3) is 28.7 Å². The number of benzene rings is 3. The summed E-state index contributed by atoms with van der Waals surface area (Å²) < 4.78 is 1.50. The Balaban J connectivity index is 1.92. The van der Waals surface area contributed by atoms with E-state index in [1.54, 1.807) is 30.4 Å². The van der Waals surface area contributed by atoms with Gasteiger partial charge in [-0.15, -0.1) is 0 Å². The maximum absolute atomic E-state index is 13.1. The van der Waals surface area contributed by atoms with Gasteiger partial charge in [-0.3, -0.25) is 19.5 Å². The Kier molecular flexibility index (Phi) is 4.93. The van der Waals surface area contributed by atoms with Crippen LogP contribution in [0.1, 0.15) is 11.4 Å². The lowest BCUT2D eigenvalue weighted by atomic mass is 10.1. The Morgan fingerprint density at radius 2 is 1.69 bits per heavy atom. The molecule has 4 aromatic rings. The summed E-state index contributed by atoms with van der Waals surface area (Å²) in [6.45, 7) is 0. The highest BCUT2D eigenvalue weighted by Gasteiger charge is 2.12. The van der Waals surface area contributed by atoms with Gasteiger partial charge in [-0.2, -0.15) is 0 Å². The highest BCUT2D eigenvalue weighted by atomic mass is 35.5. The minimum atomic E-state index is -0.484. The number of fused-ring (bicyclic) bond motifs is 1. The number of para-hydroxylation sites is 2. The van der Waals surface area contributed by atoms with Crippen LogP contribution in [0.2, 0.25) is 5.02 Å². The predicted octanol–water partition coefficient (Wildman–Crippen LogP) is 5.12. The Morgan fingerprint density at radius 1 is 0.966 bits per heavy atom. The number of hydrogen-bond acceptors (Lipinski definition) is 4. The van der Waals surface area contributed by atoms with Gasteiger partial charge < -0.3 is 0 Å². The van der Waals surface area contributed by atoms with E-state index in [1.807, 2.05) is 36.4 Å². The van der Waals surface area contributed by atoms with Crippen molar-refractivity contribution >= 4 is 40.3 Å². The van der Waals surface area contributed by atoms with Crippen molar-refractivity contribution in [2.75, 3.05) is 0 Å². The van der Waals surface area contributed by atoms with E-state index in [0.29, 0.717) is 33.0 Å². The summed E-state index contributed by atoms with van der Waals surface area (Å²) >= 11 is 6.19. The molecule has 0 radical (unpaired) electrons. The molecule has 7 heteroatoms. The van der Waals surface area contributed by atoms with Crippen molar-refractivity contribution in [3.05, 3.63) is 110 Å². The van der Waals surface area contributed by atoms with E-state index >= 15 is 0 Å². The maximum Gasteiger partial charge on any atom is 0.270 e. The second-order valence-electron chi connectivity index (χ2n) is 6.26. The van der Waals surface area contributed by atoms with Gasteiger partial charge in [0.1, 0.15) is 5.82 Å². The number of nitrogens with zero attached hydrogens (tertiary/aromatic N) is 3. The molecule has 4 rings (SSSR count). The van der Waals surface area contributed by atoms with Crippen LogP contribution in [0.3, 0.4) is 0 Å². The first-order valence-electron chi connectivity index (χ1n) is 8.74. The summed E-state index contributed by atoms with van der Waals surface area (Å²) in [5.74, 6) is 0.391. The van der Waals surface area contributed by atoms with Crippen molar-refractivity contribution in [3.63, 3.8) is 0 Å². The van der Waals surface area contributed by atoms with Crippen molar-refractivity contribution in [1.82, 2.24) is 9.55 Å². The van der Waals surface area contributed by atoms with Crippen LogP contribution in [0.4, 0.5) is 5.69 Å². The lowest BCUT2D eigenvalue weighted by Gasteiger charge is -2.11. The van der Waals surface area contributed by atoms with Gasteiger partial charge in [-0.25, -0.2) is 4.98 Å². The molecule has 0 unspecified atom stereocenters. The normalized spacial score (nSPS) is 11.2. The summed E-state index contributed by atoms with van der Waals surface area (Å²) in [5, 5.41) is 11.9. The highest BCUT2D eigenvalue weighted by molar-refractivity contribution is 6.32. The summed E-state index contributed by atoms with van der Waals surface area (Å²) in [6, 6.07) is 20.5. The molecule has 0 atom stereocenters. The van der Waals surface area contributed by atoms with E-state index < -0.39 is 4.92 Å². The standard InChI is InChI=1S/C22H14ClN3O3/c23-19-12-11-17(26(28)29)14-15(19)10-13-21-24-20-9-5-4-8-18(20)22(27)25(21)16-6-2-1-3-7-16/h1-14H/b13-10+. The van der Waals surface area contributed by atoms with Gasteiger partial charge in [0.05, 0.1) is 21.5 Å². The van der Waals surface area contributed by atoms with Crippen molar-refractivity contribution in [2.45, 2.75) is 0 Å². The molecular formula is C22H14ClN3O3. The molecule has 0 amide bonds. The third-order valence-corrected chi connectivity index (χ3v) is 4.76. The van der Waals surface area contributed by atoms with Gasteiger partial charge in [-0.1, -0.05) is 41.9 Å². The second kappa shape index (κ2) is 7.69. The van der Waals surface area contributed by atoms with Gasteiger partial charge in [0.25, 0.3) is 11.2 Å². The second-order valence-corrected chi connectivity index (χ2v) is 6.67. The molecule has 0 N–H and O–H groups in total. The smallest absolute Gasteiger partial charge is 0.268 e. The van der Waals surface area contributed by atoms with Crippen molar-refractivity contribution < 1.29 is 4.92 Å². The predicted molar refractivity (Wildman–Crippen MR) is 114 cm³/mol. The quantitative estimate of drug-likeness (QED) is 0.350. The summed E-state index contributed by atoms with van der Waals surface area (Å²) in [7, 11) is 0. The van der Waals surface area contributed by atoms with E-state index in [0.717, 1.165) is 0 Å². The van der Waals surface area contributed by atoms with Crippen LogP contribution >= 0.6 is 11.6 Å². The molecular weight excluding hydrogens is 390 g/mol. The monoisotopic (exact) mass is 403 g/mol. The molecule has 1 aromatic heterocycles. The van der Waals surface area contributed by atoms with Crippen LogP contribution in [0, 0.1) is 10.1 Å². The van der Waals surface area contributed by atoms with Crippen molar-refractivity contribution in [1.29, 1.82) is 0 Å². The van der Waals surface area contributed by atoms with Crippen LogP contribution in [-0.2, 0) is 0 Å². The Hall–Kier alpha value is -3.77. The maximum atomic E-state index is 13.1. The van der Waals surface area contributed by atoms with Crippen LogP contribution in [-0.4, -0.2) is 14.5 Å². The lowest BCUT2D eigenvalue weighted by molar-refractivity contribution is -0.384. The minimum Gasteiger partial charge on any atom is -0.268 e. The van der Waals surface area contributed by atoms with E-state index in [2.05, 4.69) is 4.98 Å². The van der Waals surface area contributed by atoms with Gasteiger partial charge in [0.15, 0.2) is 0 Å². The first-order valence-corrected chi connectivity index (χ1v) is 9.11. The first kappa shape index (κ1) is 18.6. The van der Waals surface area contributed by atoms with Gasteiger partial charge in [0, 0.05) is 17.2 Å². The molecule has 29 heavy (non-hydrogen) atoms. The van der Waals surface area contributed by atoms with Crippen molar-refractivity contribution in [3.8, 4) is 5.69 Å². The molecule has 142 valence electrons. The van der Waals surface area contributed by atoms with E-state index in [-0.39, 0.29) is 11.2 Å². The average Bonchev–Trinajstić information content (AvgIpc) is 2.73. The lowest BCUT2D eigenvalue weighted by Crippen LogP contribution is -2.22. The topological polar surface area (TPSA) is 78.0 Å². The fraction of sp³-hybridized carbons (Fsp3) is 0. The third-order valence-electron chi connectivity index (χ3n) is 4.42. The largest absolute Gasteiger partial charge is 0.270 e.